The van der Waals surface area contributed by atoms with Gasteiger partial charge in [-0.15, -0.1) is 0 Å². The predicted molar refractivity (Wildman–Crippen MR) is 155 cm³/mol. The summed E-state index contributed by atoms with van der Waals surface area (Å²) in [6.07, 6.45) is 7.68. The van der Waals surface area contributed by atoms with Gasteiger partial charge in [-0.05, 0) is 73.7 Å². The van der Waals surface area contributed by atoms with Gasteiger partial charge < -0.3 is 24.6 Å². The van der Waals surface area contributed by atoms with E-state index in [0.29, 0.717) is 39.9 Å². The lowest BCUT2D eigenvalue weighted by molar-refractivity contribution is -0.142. The molecular weight excluding hydrogens is 528 g/mol. The molecule has 0 saturated carbocycles. The molecule has 2 aliphatic heterocycles. The number of benzene rings is 2. The molecule has 8 heteroatoms. The van der Waals surface area contributed by atoms with Gasteiger partial charge in [0.15, 0.2) is 0 Å². The zero-order chi connectivity index (χ0) is 28.1. The summed E-state index contributed by atoms with van der Waals surface area (Å²) in [7, 11) is 0. The van der Waals surface area contributed by atoms with E-state index < -0.39 is 11.6 Å². The number of likely N-dealkylation sites (tertiary alicyclic amines) is 1. The maximum atomic E-state index is 12.0. The molecule has 0 bridgehead atoms. The van der Waals surface area contributed by atoms with Gasteiger partial charge in [-0.1, -0.05) is 41.9 Å². The molecule has 2 aromatic carbocycles. The summed E-state index contributed by atoms with van der Waals surface area (Å²) in [6, 6.07) is 16.7. The number of rotatable bonds is 7. The average molecular weight is 561 g/mol. The summed E-state index contributed by atoms with van der Waals surface area (Å²) in [5.41, 5.74) is 1.85. The number of aromatic nitrogens is 1. The second-order valence-electron chi connectivity index (χ2n) is 10.1. The van der Waals surface area contributed by atoms with Crippen LogP contribution in [0.3, 0.4) is 0 Å². The number of aliphatic hydroxyl groups is 2. The van der Waals surface area contributed by atoms with Crippen LogP contribution in [0, 0.1) is 0 Å². The van der Waals surface area contributed by atoms with Gasteiger partial charge in [-0.3, -0.25) is 4.79 Å². The van der Waals surface area contributed by atoms with E-state index in [1.807, 2.05) is 48.5 Å². The van der Waals surface area contributed by atoms with Crippen LogP contribution in [0.2, 0.25) is 5.02 Å². The van der Waals surface area contributed by atoms with E-state index in [2.05, 4.69) is 16.0 Å². The molecule has 1 aromatic heterocycles. The van der Waals surface area contributed by atoms with E-state index in [4.69, 9.17) is 21.1 Å². The second kappa shape index (κ2) is 12.3. The third-order valence-corrected chi connectivity index (χ3v) is 7.71. The van der Waals surface area contributed by atoms with E-state index in [0.717, 1.165) is 42.8 Å². The number of carbonyl (C=O) groups is 1. The maximum Gasteiger partial charge on any atom is 0.313 e. The predicted octanol–water partition coefficient (Wildman–Crippen LogP) is 4.70. The summed E-state index contributed by atoms with van der Waals surface area (Å²) >= 11 is 6.02. The lowest BCUT2D eigenvalue weighted by Gasteiger charge is -2.38. The minimum atomic E-state index is -0.835. The standard InChI is InChI=1S/C32H33ClN2O5/c1-2-39-30(37)21-28(36)26-7-3-9-29-27(26)20-22(25-8-4-16-34-31(25)40-29)6-5-17-35-18-14-32(38,15-19-35)23-10-12-24(33)13-11-23/h3-4,6-13,16,20,36,38H,2,5,14-15,17-19,21H2,1H3. The summed E-state index contributed by atoms with van der Waals surface area (Å²) in [4.78, 5) is 18.8. The highest BCUT2D eigenvalue weighted by Crippen LogP contribution is 2.34. The van der Waals surface area contributed by atoms with Crippen LogP contribution in [-0.2, 0) is 15.1 Å². The van der Waals surface area contributed by atoms with Crippen molar-refractivity contribution in [2.24, 2.45) is 0 Å². The SMILES string of the molecule is CCOC(=O)CC(O)=c1cccc2c1=CC(=CCCN1CCC(O)(c3ccc(Cl)cc3)CC1)c1cccnc1O2. The highest BCUT2D eigenvalue weighted by molar-refractivity contribution is 6.30. The summed E-state index contributed by atoms with van der Waals surface area (Å²) in [5.74, 6) is 0.470. The Morgan fingerprint density at radius 2 is 1.93 bits per heavy atom. The molecule has 0 aliphatic carbocycles. The molecule has 0 spiro atoms. The molecule has 208 valence electrons. The van der Waals surface area contributed by atoms with Crippen molar-refractivity contribution in [1.82, 2.24) is 9.88 Å². The van der Waals surface area contributed by atoms with Crippen LogP contribution in [-0.4, -0.2) is 52.3 Å². The quantitative estimate of drug-likeness (QED) is 0.405. The van der Waals surface area contributed by atoms with Crippen molar-refractivity contribution in [3.63, 3.8) is 0 Å². The first-order valence-electron chi connectivity index (χ1n) is 13.6. The summed E-state index contributed by atoms with van der Waals surface area (Å²) in [5, 5.41) is 23.9. The van der Waals surface area contributed by atoms with Crippen LogP contribution in [0.5, 0.6) is 11.6 Å². The number of hydrogen-bond donors (Lipinski definition) is 2. The van der Waals surface area contributed by atoms with Crippen LogP contribution in [0.1, 0.15) is 43.7 Å². The van der Waals surface area contributed by atoms with Crippen molar-refractivity contribution < 1.29 is 24.5 Å². The van der Waals surface area contributed by atoms with Crippen molar-refractivity contribution in [3.05, 3.63) is 93.5 Å². The van der Waals surface area contributed by atoms with Crippen LogP contribution in [0.15, 0.2) is 66.9 Å². The number of carbonyl (C=O) groups excluding carboxylic acids is 1. The topological polar surface area (TPSA) is 92.1 Å². The Kier molecular flexibility index (Phi) is 8.54. The second-order valence-corrected chi connectivity index (χ2v) is 10.5. The molecule has 7 nitrogen and oxygen atoms in total. The molecule has 0 unspecified atom stereocenters. The third-order valence-electron chi connectivity index (χ3n) is 7.46. The Morgan fingerprint density at radius 3 is 2.67 bits per heavy atom. The van der Waals surface area contributed by atoms with Crippen molar-refractivity contribution in [2.45, 2.75) is 38.2 Å². The van der Waals surface area contributed by atoms with Gasteiger partial charge in [0.1, 0.15) is 17.9 Å². The number of allylic oxidation sites excluding steroid dienone is 1. The number of ether oxygens (including phenoxy) is 2. The number of fused-ring (bicyclic) bond motifs is 2. The van der Waals surface area contributed by atoms with Crippen molar-refractivity contribution in [1.29, 1.82) is 0 Å². The first-order valence-corrected chi connectivity index (χ1v) is 14.0. The molecule has 0 atom stereocenters. The smallest absolute Gasteiger partial charge is 0.313 e. The number of piperidine rings is 1. The first kappa shape index (κ1) is 27.9. The zero-order valence-corrected chi connectivity index (χ0v) is 23.2. The largest absolute Gasteiger partial charge is 0.511 e. The number of nitrogens with zero attached hydrogens (tertiary/aromatic N) is 2. The molecule has 5 rings (SSSR count). The molecule has 0 radical (unpaired) electrons. The number of halogens is 1. The van der Waals surface area contributed by atoms with Gasteiger partial charge in [0, 0.05) is 46.9 Å². The Balaban J connectivity index is 1.38. The summed E-state index contributed by atoms with van der Waals surface area (Å²) < 4.78 is 11.2. The van der Waals surface area contributed by atoms with Crippen LogP contribution >= 0.6 is 11.6 Å². The molecule has 40 heavy (non-hydrogen) atoms. The first-order chi connectivity index (χ1) is 19.4. The van der Waals surface area contributed by atoms with Crippen molar-refractivity contribution >= 4 is 35.0 Å². The van der Waals surface area contributed by atoms with E-state index in [-0.39, 0.29) is 18.8 Å². The molecule has 3 aromatic rings. The van der Waals surface area contributed by atoms with Gasteiger partial charge >= 0.3 is 5.97 Å². The maximum absolute atomic E-state index is 12.0. The van der Waals surface area contributed by atoms with Gasteiger partial charge in [0.05, 0.1) is 12.2 Å². The van der Waals surface area contributed by atoms with Gasteiger partial charge in [-0.25, -0.2) is 4.98 Å². The van der Waals surface area contributed by atoms with Crippen LogP contribution < -0.4 is 15.2 Å². The van der Waals surface area contributed by atoms with Crippen molar-refractivity contribution in [2.75, 3.05) is 26.2 Å². The lowest BCUT2D eigenvalue weighted by atomic mass is 9.84. The molecule has 3 heterocycles. The monoisotopic (exact) mass is 560 g/mol. The molecule has 2 N–H and O–H groups in total. The number of aliphatic hydroxyl groups excluding tert-OH is 1. The Hall–Kier alpha value is -3.65. The molecular formula is C32H33ClN2O5. The van der Waals surface area contributed by atoms with E-state index >= 15 is 0 Å². The molecule has 1 saturated heterocycles. The van der Waals surface area contributed by atoms with Gasteiger partial charge in [0.25, 0.3) is 0 Å². The average Bonchev–Trinajstić information content (AvgIpc) is 3.11. The van der Waals surface area contributed by atoms with Crippen LogP contribution in [0.25, 0.3) is 17.4 Å². The molecule has 1 fully saturated rings. The van der Waals surface area contributed by atoms with Gasteiger partial charge in [-0.2, -0.15) is 0 Å². The zero-order valence-electron chi connectivity index (χ0n) is 22.5. The highest BCUT2D eigenvalue weighted by Gasteiger charge is 2.33. The van der Waals surface area contributed by atoms with Gasteiger partial charge in [0.2, 0.25) is 5.88 Å². The van der Waals surface area contributed by atoms with E-state index in [1.165, 1.54) is 0 Å². The number of hydrogen-bond acceptors (Lipinski definition) is 7. The fraction of sp³-hybridized carbons (Fsp3) is 0.312. The fourth-order valence-corrected chi connectivity index (χ4v) is 5.40. The fourth-order valence-electron chi connectivity index (χ4n) is 5.27. The Morgan fingerprint density at radius 1 is 1.15 bits per heavy atom. The molecule has 0 amide bonds. The Bertz CT molecular complexity index is 1530. The molecule has 2 aliphatic rings. The Labute approximate surface area is 238 Å². The minimum absolute atomic E-state index is 0.0742. The number of esters is 1. The highest BCUT2D eigenvalue weighted by atomic mass is 35.5. The minimum Gasteiger partial charge on any atom is -0.511 e. The third kappa shape index (κ3) is 6.22. The summed E-state index contributed by atoms with van der Waals surface area (Å²) in [6.45, 7) is 4.39. The lowest BCUT2D eigenvalue weighted by Crippen LogP contribution is -2.42. The van der Waals surface area contributed by atoms with E-state index in [1.54, 1.807) is 25.3 Å². The van der Waals surface area contributed by atoms with Crippen LogP contribution in [0.4, 0.5) is 0 Å². The van der Waals surface area contributed by atoms with E-state index in [9.17, 15) is 15.0 Å². The number of pyridine rings is 1. The normalized spacial score (nSPS) is 18.0. The van der Waals surface area contributed by atoms with Crippen molar-refractivity contribution in [3.8, 4) is 11.6 Å².